The number of nitrogens with zero attached hydrogens (tertiary/aromatic N) is 2. The van der Waals surface area contributed by atoms with Gasteiger partial charge in [0.15, 0.2) is 0 Å². The van der Waals surface area contributed by atoms with E-state index in [1.807, 2.05) is 0 Å². The van der Waals surface area contributed by atoms with E-state index in [1.54, 1.807) is 11.3 Å². The van der Waals surface area contributed by atoms with Crippen molar-refractivity contribution >= 4 is 11.3 Å². The second kappa shape index (κ2) is 5.44. The van der Waals surface area contributed by atoms with Crippen molar-refractivity contribution in [3.63, 3.8) is 0 Å². The molecule has 0 bridgehead atoms. The monoisotopic (exact) mass is 235 g/mol. The Morgan fingerprint density at radius 2 is 2.31 bits per heavy atom. The third-order valence-corrected chi connectivity index (χ3v) is 3.95. The van der Waals surface area contributed by atoms with Crippen molar-refractivity contribution in [2.75, 3.05) is 26.2 Å². The van der Waals surface area contributed by atoms with Crippen LogP contribution in [0, 0.1) is 18.3 Å². The average Bonchev–Trinajstić information content (AvgIpc) is 2.55. The number of nitriles is 1. The molecule has 1 saturated heterocycles. The molecule has 16 heavy (non-hydrogen) atoms. The summed E-state index contributed by atoms with van der Waals surface area (Å²) in [6.45, 7) is 6.13. The van der Waals surface area contributed by atoms with E-state index in [0.717, 1.165) is 32.6 Å². The molecular formula is C12H17N3S. The lowest BCUT2D eigenvalue weighted by molar-refractivity contribution is 0.255. The first-order chi connectivity index (χ1) is 7.81. The van der Waals surface area contributed by atoms with Crippen LogP contribution in [0.1, 0.15) is 22.2 Å². The summed E-state index contributed by atoms with van der Waals surface area (Å²) in [4.78, 5) is 4.75. The lowest BCUT2D eigenvalue weighted by Crippen LogP contribution is -2.31. The van der Waals surface area contributed by atoms with Crippen LogP contribution >= 0.6 is 11.3 Å². The van der Waals surface area contributed by atoms with Gasteiger partial charge in [-0.3, -0.25) is 4.90 Å². The Bertz CT molecular complexity index is 372. The van der Waals surface area contributed by atoms with Gasteiger partial charge in [-0.25, -0.2) is 0 Å². The molecule has 0 aliphatic carbocycles. The Hall–Kier alpha value is -0.890. The fourth-order valence-corrected chi connectivity index (χ4v) is 3.01. The summed E-state index contributed by atoms with van der Waals surface area (Å²) in [5.41, 5.74) is 0. The van der Waals surface area contributed by atoms with Crippen LogP contribution in [0.15, 0.2) is 12.1 Å². The van der Waals surface area contributed by atoms with Gasteiger partial charge in [-0.2, -0.15) is 5.26 Å². The predicted octanol–water partition coefficient (Wildman–Crippen LogP) is 1.92. The van der Waals surface area contributed by atoms with Gasteiger partial charge >= 0.3 is 0 Å². The maximum absolute atomic E-state index is 9.33. The van der Waals surface area contributed by atoms with Crippen LogP contribution in [0.5, 0.6) is 0 Å². The van der Waals surface area contributed by atoms with Crippen LogP contribution < -0.4 is 5.32 Å². The van der Waals surface area contributed by atoms with Crippen molar-refractivity contribution < 1.29 is 0 Å². The summed E-state index contributed by atoms with van der Waals surface area (Å²) in [6, 6.07) is 6.57. The summed E-state index contributed by atoms with van der Waals surface area (Å²) < 4.78 is 0. The molecule has 0 radical (unpaired) electrons. The predicted molar refractivity (Wildman–Crippen MR) is 66.5 cm³/mol. The molecule has 1 aromatic rings. The number of hydrogen-bond acceptors (Lipinski definition) is 4. The fraction of sp³-hybridized carbons (Fsp3) is 0.583. The van der Waals surface area contributed by atoms with Crippen LogP contribution in [0.3, 0.4) is 0 Å². The molecule has 1 atom stereocenters. The SMILES string of the molecule is Cc1ccc(C(C#N)N2CCCNCC2)s1. The molecule has 1 aliphatic heterocycles. The van der Waals surface area contributed by atoms with Gasteiger partial charge in [-0.1, -0.05) is 0 Å². The molecule has 1 aromatic heterocycles. The second-order valence-electron chi connectivity index (χ2n) is 4.12. The van der Waals surface area contributed by atoms with E-state index < -0.39 is 0 Å². The topological polar surface area (TPSA) is 39.1 Å². The van der Waals surface area contributed by atoms with E-state index in [1.165, 1.54) is 9.75 Å². The molecule has 2 heterocycles. The molecule has 1 unspecified atom stereocenters. The number of thiophene rings is 1. The summed E-state index contributed by atoms with van der Waals surface area (Å²) in [7, 11) is 0. The Morgan fingerprint density at radius 3 is 3.00 bits per heavy atom. The highest BCUT2D eigenvalue weighted by Crippen LogP contribution is 2.27. The summed E-state index contributed by atoms with van der Waals surface area (Å²) in [5, 5.41) is 12.7. The Morgan fingerprint density at radius 1 is 1.44 bits per heavy atom. The van der Waals surface area contributed by atoms with Gasteiger partial charge in [-0.05, 0) is 32.0 Å². The molecule has 4 heteroatoms. The Balaban J connectivity index is 2.12. The minimum Gasteiger partial charge on any atom is -0.315 e. The highest BCUT2D eigenvalue weighted by Gasteiger charge is 2.21. The number of nitrogens with one attached hydrogen (secondary N) is 1. The van der Waals surface area contributed by atoms with Crippen molar-refractivity contribution in [1.82, 2.24) is 10.2 Å². The van der Waals surface area contributed by atoms with Gasteiger partial charge in [0.05, 0.1) is 6.07 Å². The van der Waals surface area contributed by atoms with Crippen LogP contribution in [0.25, 0.3) is 0 Å². The molecule has 0 saturated carbocycles. The summed E-state index contributed by atoms with van der Waals surface area (Å²) in [5.74, 6) is 0. The minimum atomic E-state index is -0.0569. The van der Waals surface area contributed by atoms with E-state index in [9.17, 15) is 5.26 Å². The maximum atomic E-state index is 9.33. The van der Waals surface area contributed by atoms with E-state index in [2.05, 4.69) is 35.3 Å². The van der Waals surface area contributed by atoms with Crippen molar-refractivity contribution in [1.29, 1.82) is 5.26 Å². The Kier molecular flexibility index (Phi) is 3.94. The molecule has 86 valence electrons. The van der Waals surface area contributed by atoms with Gasteiger partial charge in [0.2, 0.25) is 0 Å². The first-order valence-corrected chi connectivity index (χ1v) is 6.53. The lowest BCUT2D eigenvalue weighted by Gasteiger charge is -2.23. The van der Waals surface area contributed by atoms with Crippen LogP contribution in [-0.2, 0) is 0 Å². The Labute approximate surface area is 101 Å². The number of aryl methyl sites for hydroxylation is 1. The van der Waals surface area contributed by atoms with Gasteiger partial charge in [0, 0.05) is 29.4 Å². The fourth-order valence-electron chi connectivity index (χ4n) is 2.05. The summed E-state index contributed by atoms with van der Waals surface area (Å²) >= 11 is 1.74. The van der Waals surface area contributed by atoms with Crippen LogP contribution in [0.4, 0.5) is 0 Å². The van der Waals surface area contributed by atoms with Gasteiger partial charge in [0.25, 0.3) is 0 Å². The number of hydrogen-bond donors (Lipinski definition) is 1. The largest absolute Gasteiger partial charge is 0.315 e. The van der Waals surface area contributed by atoms with Crippen molar-refractivity contribution in [3.8, 4) is 6.07 Å². The molecule has 1 aliphatic rings. The molecule has 1 fully saturated rings. The van der Waals surface area contributed by atoms with E-state index in [0.29, 0.717) is 0 Å². The maximum Gasteiger partial charge on any atom is 0.133 e. The van der Waals surface area contributed by atoms with E-state index in [4.69, 9.17) is 0 Å². The molecular weight excluding hydrogens is 218 g/mol. The zero-order valence-electron chi connectivity index (χ0n) is 9.57. The minimum absolute atomic E-state index is 0.0569. The first kappa shape index (κ1) is 11.6. The molecule has 3 nitrogen and oxygen atoms in total. The number of rotatable bonds is 2. The van der Waals surface area contributed by atoms with Crippen molar-refractivity contribution in [2.24, 2.45) is 0 Å². The quantitative estimate of drug-likeness (QED) is 0.851. The molecule has 0 spiro atoms. The van der Waals surface area contributed by atoms with Crippen LogP contribution in [0.2, 0.25) is 0 Å². The molecule has 2 rings (SSSR count). The summed E-state index contributed by atoms with van der Waals surface area (Å²) in [6.07, 6.45) is 1.13. The zero-order chi connectivity index (χ0) is 11.4. The standard InChI is InChI=1S/C12H17N3S/c1-10-3-4-12(16-10)11(9-13)15-7-2-5-14-6-8-15/h3-4,11,14H,2,5-8H2,1H3. The van der Waals surface area contributed by atoms with E-state index in [-0.39, 0.29) is 6.04 Å². The van der Waals surface area contributed by atoms with E-state index >= 15 is 0 Å². The lowest BCUT2D eigenvalue weighted by atomic mass is 10.2. The highest BCUT2D eigenvalue weighted by atomic mass is 32.1. The highest BCUT2D eigenvalue weighted by molar-refractivity contribution is 7.12. The van der Waals surface area contributed by atoms with Crippen molar-refractivity contribution in [2.45, 2.75) is 19.4 Å². The van der Waals surface area contributed by atoms with Crippen molar-refractivity contribution in [3.05, 3.63) is 21.9 Å². The molecule has 0 amide bonds. The molecule has 1 N–H and O–H groups in total. The molecule has 0 aromatic carbocycles. The van der Waals surface area contributed by atoms with Gasteiger partial charge in [-0.15, -0.1) is 11.3 Å². The zero-order valence-corrected chi connectivity index (χ0v) is 10.4. The average molecular weight is 235 g/mol. The second-order valence-corrected chi connectivity index (χ2v) is 5.44. The third kappa shape index (κ3) is 2.62. The third-order valence-electron chi connectivity index (χ3n) is 2.89. The van der Waals surface area contributed by atoms with Gasteiger partial charge < -0.3 is 5.32 Å². The smallest absolute Gasteiger partial charge is 0.133 e. The normalized spacial score (nSPS) is 20.0. The van der Waals surface area contributed by atoms with Crippen LogP contribution in [-0.4, -0.2) is 31.1 Å². The first-order valence-electron chi connectivity index (χ1n) is 5.72. The van der Waals surface area contributed by atoms with Gasteiger partial charge in [0.1, 0.15) is 6.04 Å².